The number of hydrogen-bond donors (Lipinski definition) is 0. The molecule has 0 aliphatic heterocycles. The molecular weight excluding hydrogens is 459 g/mol. The van der Waals surface area contributed by atoms with E-state index < -0.39 is 0 Å². The van der Waals surface area contributed by atoms with Crippen molar-refractivity contribution >= 4 is 68.0 Å². The highest BCUT2D eigenvalue weighted by Gasteiger charge is 2.12. The fraction of sp³-hybridized carbons (Fsp3) is 0.0435. The molecule has 0 saturated heterocycles. The molecule has 4 rings (SSSR count). The zero-order valence-corrected chi connectivity index (χ0v) is 18.5. The monoisotopic (exact) mass is 470 g/mol. The van der Waals surface area contributed by atoms with Gasteiger partial charge in [0.15, 0.2) is 5.75 Å². The van der Waals surface area contributed by atoms with Gasteiger partial charge in [-0.3, -0.25) is 0 Å². The van der Waals surface area contributed by atoms with Gasteiger partial charge in [0.25, 0.3) is 0 Å². The SMILES string of the molecule is N#CC(=Cc1cc(Cl)c(OCc2ccc(Cl)cc2)c(Cl)c1)c1nc2ccccc2s1. The normalized spacial score (nSPS) is 11.5. The fourth-order valence-electron chi connectivity index (χ4n) is 2.83. The Morgan fingerprint density at radius 1 is 1.03 bits per heavy atom. The van der Waals surface area contributed by atoms with Gasteiger partial charge in [-0.15, -0.1) is 11.3 Å². The molecule has 0 amide bonds. The average molecular weight is 472 g/mol. The van der Waals surface area contributed by atoms with Gasteiger partial charge in [-0.25, -0.2) is 4.98 Å². The van der Waals surface area contributed by atoms with Crippen LogP contribution in [0.5, 0.6) is 5.75 Å². The van der Waals surface area contributed by atoms with E-state index in [1.807, 2.05) is 36.4 Å². The van der Waals surface area contributed by atoms with Gasteiger partial charge in [-0.2, -0.15) is 5.26 Å². The van der Waals surface area contributed by atoms with E-state index in [-0.39, 0.29) is 0 Å². The van der Waals surface area contributed by atoms with Crippen LogP contribution in [0.15, 0.2) is 60.7 Å². The predicted molar refractivity (Wildman–Crippen MR) is 125 cm³/mol. The number of aromatic nitrogens is 1. The van der Waals surface area contributed by atoms with Crippen LogP contribution in [0.25, 0.3) is 21.9 Å². The number of hydrogen-bond acceptors (Lipinski definition) is 4. The van der Waals surface area contributed by atoms with E-state index in [0.717, 1.165) is 15.8 Å². The zero-order chi connectivity index (χ0) is 21.1. The van der Waals surface area contributed by atoms with Crippen LogP contribution in [0.1, 0.15) is 16.1 Å². The number of nitriles is 1. The van der Waals surface area contributed by atoms with Gasteiger partial charge in [0.2, 0.25) is 0 Å². The molecule has 7 heteroatoms. The predicted octanol–water partition coefficient (Wildman–Crippen LogP) is 7.90. The molecule has 0 N–H and O–H groups in total. The Balaban J connectivity index is 1.59. The molecule has 0 unspecified atom stereocenters. The standard InChI is InChI=1S/C23H13Cl3N2OS/c24-17-7-5-14(6-8-17)13-29-22-18(25)10-15(11-19(22)26)9-16(12-27)23-28-20-3-1-2-4-21(20)30-23/h1-11H,13H2. The molecule has 1 aromatic heterocycles. The molecule has 0 bridgehead atoms. The van der Waals surface area contributed by atoms with Crippen molar-refractivity contribution in [2.45, 2.75) is 6.61 Å². The number of ether oxygens (including phenoxy) is 1. The highest BCUT2D eigenvalue weighted by Crippen LogP contribution is 2.36. The summed E-state index contributed by atoms with van der Waals surface area (Å²) in [5.74, 6) is 0.393. The summed E-state index contributed by atoms with van der Waals surface area (Å²) >= 11 is 20.2. The van der Waals surface area contributed by atoms with Crippen molar-refractivity contribution in [3.8, 4) is 11.8 Å². The Bertz CT molecular complexity index is 1230. The van der Waals surface area contributed by atoms with E-state index in [2.05, 4.69) is 11.1 Å². The maximum absolute atomic E-state index is 9.64. The number of fused-ring (bicyclic) bond motifs is 1. The van der Waals surface area contributed by atoms with Gasteiger partial charge in [0.1, 0.15) is 17.7 Å². The van der Waals surface area contributed by atoms with Crippen molar-refractivity contribution in [1.82, 2.24) is 4.98 Å². The van der Waals surface area contributed by atoms with Crippen LogP contribution in [0.2, 0.25) is 15.1 Å². The van der Waals surface area contributed by atoms with E-state index in [1.54, 1.807) is 30.3 Å². The first-order valence-electron chi connectivity index (χ1n) is 8.87. The highest BCUT2D eigenvalue weighted by molar-refractivity contribution is 7.19. The highest BCUT2D eigenvalue weighted by atomic mass is 35.5. The second-order valence-corrected chi connectivity index (χ2v) is 8.67. The molecule has 1 heterocycles. The molecule has 30 heavy (non-hydrogen) atoms. The summed E-state index contributed by atoms with van der Waals surface area (Å²) in [6, 6.07) is 20.8. The van der Waals surface area contributed by atoms with E-state index in [0.29, 0.717) is 43.6 Å². The number of allylic oxidation sites excluding steroid dienone is 1. The van der Waals surface area contributed by atoms with Crippen molar-refractivity contribution < 1.29 is 4.74 Å². The summed E-state index contributed by atoms with van der Waals surface area (Å²) in [4.78, 5) is 4.54. The number of thiazole rings is 1. The van der Waals surface area contributed by atoms with E-state index in [4.69, 9.17) is 39.5 Å². The van der Waals surface area contributed by atoms with Crippen LogP contribution < -0.4 is 4.74 Å². The molecule has 148 valence electrons. The first-order valence-corrected chi connectivity index (χ1v) is 10.8. The smallest absolute Gasteiger partial charge is 0.157 e. The average Bonchev–Trinajstić information content (AvgIpc) is 3.16. The Labute approximate surface area is 192 Å². The Morgan fingerprint density at radius 2 is 1.73 bits per heavy atom. The van der Waals surface area contributed by atoms with E-state index in [9.17, 15) is 5.26 Å². The molecule has 0 aliphatic rings. The minimum absolute atomic E-state index is 0.306. The van der Waals surface area contributed by atoms with Crippen LogP contribution >= 0.6 is 46.1 Å². The van der Waals surface area contributed by atoms with Gasteiger partial charge >= 0.3 is 0 Å². The molecule has 0 fully saturated rings. The van der Waals surface area contributed by atoms with Crippen LogP contribution in [0, 0.1) is 11.3 Å². The summed E-state index contributed by atoms with van der Waals surface area (Å²) in [5.41, 5.74) is 2.94. The van der Waals surface area contributed by atoms with Gasteiger partial charge < -0.3 is 4.74 Å². The minimum Gasteiger partial charge on any atom is -0.486 e. The van der Waals surface area contributed by atoms with Crippen LogP contribution in [0.4, 0.5) is 0 Å². The van der Waals surface area contributed by atoms with Crippen molar-refractivity contribution in [2.75, 3.05) is 0 Å². The number of benzene rings is 3. The summed E-state index contributed by atoms with van der Waals surface area (Å²) in [7, 11) is 0. The number of rotatable bonds is 5. The van der Waals surface area contributed by atoms with Crippen molar-refractivity contribution in [1.29, 1.82) is 5.26 Å². The van der Waals surface area contributed by atoms with Crippen molar-refractivity contribution in [3.63, 3.8) is 0 Å². The number of para-hydroxylation sites is 1. The third-order valence-corrected chi connectivity index (χ3v) is 6.16. The Morgan fingerprint density at radius 3 is 2.40 bits per heavy atom. The van der Waals surface area contributed by atoms with Crippen LogP contribution in [-0.4, -0.2) is 4.98 Å². The third kappa shape index (κ3) is 4.61. The van der Waals surface area contributed by atoms with E-state index >= 15 is 0 Å². The number of nitrogens with zero attached hydrogens (tertiary/aromatic N) is 2. The summed E-state index contributed by atoms with van der Waals surface area (Å²) in [5, 5.41) is 11.7. The maximum Gasteiger partial charge on any atom is 0.157 e. The molecule has 4 aromatic rings. The minimum atomic E-state index is 0.306. The molecule has 0 spiro atoms. The topological polar surface area (TPSA) is 45.9 Å². The maximum atomic E-state index is 9.64. The lowest BCUT2D eigenvalue weighted by atomic mass is 10.1. The lowest BCUT2D eigenvalue weighted by molar-refractivity contribution is 0.306. The Hall–Kier alpha value is -2.55. The van der Waals surface area contributed by atoms with Crippen molar-refractivity contribution in [3.05, 3.63) is 91.9 Å². The molecule has 0 saturated carbocycles. The molecule has 0 radical (unpaired) electrons. The molecule has 0 aliphatic carbocycles. The molecule has 3 nitrogen and oxygen atoms in total. The van der Waals surface area contributed by atoms with E-state index in [1.165, 1.54) is 11.3 Å². The largest absolute Gasteiger partial charge is 0.486 e. The van der Waals surface area contributed by atoms with Crippen LogP contribution in [-0.2, 0) is 6.61 Å². The van der Waals surface area contributed by atoms with Gasteiger partial charge in [-0.1, -0.05) is 59.1 Å². The second-order valence-electron chi connectivity index (χ2n) is 6.39. The lowest BCUT2D eigenvalue weighted by Crippen LogP contribution is -1.97. The van der Waals surface area contributed by atoms with Gasteiger partial charge in [-0.05, 0) is 53.6 Å². The summed E-state index contributed by atoms with van der Waals surface area (Å²) in [6.07, 6.45) is 1.72. The van der Waals surface area contributed by atoms with Gasteiger partial charge in [0, 0.05) is 5.02 Å². The lowest BCUT2D eigenvalue weighted by Gasteiger charge is -2.11. The molecular formula is C23H13Cl3N2OS. The van der Waals surface area contributed by atoms with Crippen LogP contribution in [0.3, 0.4) is 0 Å². The zero-order valence-electron chi connectivity index (χ0n) is 15.4. The molecule has 3 aromatic carbocycles. The first-order chi connectivity index (χ1) is 14.5. The van der Waals surface area contributed by atoms with Crippen molar-refractivity contribution in [2.24, 2.45) is 0 Å². The van der Waals surface area contributed by atoms with Gasteiger partial charge in [0.05, 0.1) is 25.8 Å². The summed E-state index contributed by atoms with van der Waals surface area (Å²) < 4.78 is 6.83. The fourth-order valence-corrected chi connectivity index (χ4v) is 4.50. The number of halogens is 3. The quantitative estimate of drug-likeness (QED) is 0.278. The third-order valence-electron chi connectivity index (χ3n) is 4.27. The molecule has 0 atom stereocenters. The first kappa shape index (κ1) is 20.7. The Kier molecular flexibility index (Phi) is 6.26. The second kappa shape index (κ2) is 9.07. The summed E-state index contributed by atoms with van der Waals surface area (Å²) in [6.45, 7) is 0.306.